The van der Waals surface area contributed by atoms with Crippen molar-refractivity contribution in [2.24, 2.45) is 0 Å². The van der Waals surface area contributed by atoms with Crippen LogP contribution in [-0.2, 0) is 9.53 Å². The van der Waals surface area contributed by atoms with Gasteiger partial charge in [0.05, 0.1) is 5.02 Å². The molecule has 1 heterocycles. The van der Waals surface area contributed by atoms with Crippen molar-refractivity contribution >= 4 is 50.6 Å². The molecular weight excluding hydrogens is 449 g/mol. The SMILES string of the molecule is Cc1ccc(C)c(NC(=O)C(OC(=O)c2sc3cc(F)ccc3c2Cl)c2ccccc2)c1. The van der Waals surface area contributed by atoms with Crippen LogP contribution in [0.5, 0.6) is 0 Å². The molecule has 1 atom stereocenters. The normalized spacial score (nSPS) is 11.9. The van der Waals surface area contributed by atoms with Crippen LogP contribution in [0.1, 0.15) is 32.5 Å². The van der Waals surface area contributed by atoms with Gasteiger partial charge in [-0.3, -0.25) is 4.79 Å². The number of hydrogen-bond donors (Lipinski definition) is 1. The average Bonchev–Trinajstić information content (AvgIpc) is 3.10. The van der Waals surface area contributed by atoms with Crippen LogP contribution in [0.2, 0.25) is 5.02 Å². The number of benzene rings is 3. The van der Waals surface area contributed by atoms with E-state index in [0.717, 1.165) is 22.5 Å². The number of esters is 1. The predicted octanol–water partition coefficient (Wildman–Crippen LogP) is 6.85. The Morgan fingerprint density at radius 3 is 2.53 bits per heavy atom. The third-order valence-electron chi connectivity index (χ3n) is 4.99. The quantitative estimate of drug-likeness (QED) is 0.326. The first-order valence-corrected chi connectivity index (χ1v) is 11.0. The number of thiophene rings is 1. The van der Waals surface area contributed by atoms with Gasteiger partial charge in [0.15, 0.2) is 0 Å². The lowest BCUT2D eigenvalue weighted by Gasteiger charge is -2.19. The van der Waals surface area contributed by atoms with Gasteiger partial charge in [-0.05, 0) is 49.2 Å². The molecule has 0 aliphatic rings. The second-order valence-electron chi connectivity index (χ2n) is 7.39. The molecule has 1 amide bonds. The smallest absolute Gasteiger partial charge is 0.351 e. The molecule has 32 heavy (non-hydrogen) atoms. The summed E-state index contributed by atoms with van der Waals surface area (Å²) in [6.45, 7) is 3.81. The standard InChI is InChI=1S/C25H19ClFNO3S/c1-14-8-9-15(2)19(12-14)28-24(29)22(16-6-4-3-5-7-16)31-25(30)23-21(26)18-11-10-17(27)13-20(18)32-23/h3-13,22H,1-2H3,(H,28,29). The Kier molecular flexibility index (Phi) is 6.26. The predicted molar refractivity (Wildman–Crippen MR) is 126 cm³/mol. The highest BCUT2D eigenvalue weighted by Crippen LogP contribution is 2.37. The molecule has 0 spiro atoms. The van der Waals surface area contributed by atoms with Crippen molar-refractivity contribution in [3.05, 3.63) is 99.1 Å². The van der Waals surface area contributed by atoms with Gasteiger partial charge in [-0.1, -0.05) is 54.1 Å². The van der Waals surface area contributed by atoms with Crippen molar-refractivity contribution < 1.29 is 18.7 Å². The lowest BCUT2D eigenvalue weighted by Crippen LogP contribution is -2.26. The molecule has 0 aliphatic heterocycles. The van der Waals surface area contributed by atoms with E-state index in [9.17, 15) is 14.0 Å². The van der Waals surface area contributed by atoms with Gasteiger partial charge in [0.2, 0.25) is 6.10 Å². The van der Waals surface area contributed by atoms with Gasteiger partial charge in [-0.15, -0.1) is 11.3 Å². The van der Waals surface area contributed by atoms with Crippen LogP contribution in [0.4, 0.5) is 10.1 Å². The van der Waals surface area contributed by atoms with Crippen LogP contribution in [-0.4, -0.2) is 11.9 Å². The van der Waals surface area contributed by atoms with Crippen LogP contribution < -0.4 is 5.32 Å². The number of hydrogen-bond acceptors (Lipinski definition) is 4. The highest BCUT2D eigenvalue weighted by molar-refractivity contribution is 7.21. The van der Waals surface area contributed by atoms with Gasteiger partial charge >= 0.3 is 5.97 Å². The second kappa shape index (κ2) is 9.10. The van der Waals surface area contributed by atoms with E-state index in [1.165, 1.54) is 18.2 Å². The molecule has 0 fully saturated rings. The van der Waals surface area contributed by atoms with E-state index in [1.54, 1.807) is 24.3 Å². The topological polar surface area (TPSA) is 55.4 Å². The summed E-state index contributed by atoms with van der Waals surface area (Å²) < 4.78 is 19.8. The van der Waals surface area contributed by atoms with Crippen LogP contribution in [0.3, 0.4) is 0 Å². The number of rotatable bonds is 5. The van der Waals surface area contributed by atoms with Gasteiger partial charge in [0, 0.05) is 21.3 Å². The first-order chi connectivity index (χ1) is 15.3. The van der Waals surface area contributed by atoms with E-state index in [0.29, 0.717) is 21.3 Å². The molecule has 0 aliphatic carbocycles. The maximum absolute atomic E-state index is 13.6. The van der Waals surface area contributed by atoms with Gasteiger partial charge in [0.25, 0.3) is 5.91 Å². The first-order valence-electron chi connectivity index (χ1n) is 9.85. The molecule has 1 aromatic heterocycles. The number of anilines is 1. The Morgan fingerprint density at radius 2 is 1.78 bits per heavy atom. The lowest BCUT2D eigenvalue weighted by atomic mass is 10.1. The summed E-state index contributed by atoms with van der Waals surface area (Å²) in [6.07, 6.45) is -1.19. The maximum atomic E-state index is 13.6. The molecule has 4 nitrogen and oxygen atoms in total. The summed E-state index contributed by atoms with van der Waals surface area (Å²) >= 11 is 7.39. The Hall–Kier alpha value is -3.22. The minimum Gasteiger partial charge on any atom is -0.443 e. The van der Waals surface area contributed by atoms with Crippen LogP contribution in [0, 0.1) is 19.7 Å². The minimum absolute atomic E-state index is 0.118. The van der Waals surface area contributed by atoms with E-state index in [1.807, 2.05) is 38.1 Å². The fourth-order valence-electron chi connectivity index (χ4n) is 3.30. The van der Waals surface area contributed by atoms with E-state index < -0.39 is 23.8 Å². The zero-order valence-electron chi connectivity index (χ0n) is 17.3. The van der Waals surface area contributed by atoms with Crippen LogP contribution in [0.15, 0.2) is 66.7 Å². The molecule has 0 saturated heterocycles. The van der Waals surface area contributed by atoms with Crippen LogP contribution in [0.25, 0.3) is 10.1 Å². The van der Waals surface area contributed by atoms with Gasteiger partial charge in [-0.2, -0.15) is 0 Å². The summed E-state index contributed by atoms with van der Waals surface area (Å²) in [5, 5.41) is 3.59. The van der Waals surface area contributed by atoms with Gasteiger partial charge in [-0.25, -0.2) is 9.18 Å². The molecule has 1 unspecified atom stereocenters. The maximum Gasteiger partial charge on any atom is 0.351 e. The number of ether oxygens (including phenoxy) is 1. The molecule has 0 saturated carbocycles. The Labute approximate surface area is 193 Å². The van der Waals surface area contributed by atoms with E-state index in [2.05, 4.69) is 5.32 Å². The summed E-state index contributed by atoms with van der Waals surface area (Å²) in [5.74, 6) is -1.66. The van der Waals surface area contributed by atoms with Crippen molar-refractivity contribution in [3.8, 4) is 0 Å². The molecule has 162 valence electrons. The zero-order valence-corrected chi connectivity index (χ0v) is 18.9. The number of carbonyl (C=O) groups excluding carboxylic acids is 2. The molecule has 7 heteroatoms. The first kappa shape index (κ1) is 22.0. The lowest BCUT2D eigenvalue weighted by molar-refractivity contribution is -0.125. The fraction of sp³-hybridized carbons (Fsp3) is 0.120. The third kappa shape index (κ3) is 4.52. The van der Waals surface area contributed by atoms with Crippen molar-refractivity contribution in [1.82, 2.24) is 0 Å². The Balaban J connectivity index is 1.66. The number of halogens is 2. The third-order valence-corrected chi connectivity index (χ3v) is 6.63. The molecule has 1 N–H and O–H groups in total. The number of nitrogens with one attached hydrogen (secondary N) is 1. The average molecular weight is 468 g/mol. The zero-order chi connectivity index (χ0) is 22.8. The van der Waals surface area contributed by atoms with Gasteiger partial charge < -0.3 is 10.1 Å². The monoisotopic (exact) mass is 467 g/mol. The molecule has 0 radical (unpaired) electrons. The number of aryl methyl sites for hydroxylation is 2. The van der Waals surface area contributed by atoms with Crippen molar-refractivity contribution in [2.45, 2.75) is 20.0 Å². The van der Waals surface area contributed by atoms with E-state index in [4.69, 9.17) is 16.3 Å². The van der Waals surface area contributed by atoms with E-state index >= 15 is 0 Å². The van der Waals surface area contributed by atoms with E-state index in [-0.39, 0.29) is 9.90 Å². The summed E-state index contributed by atoms with van der Waals surface area (Å²) in [5.41, 5.74) is 3.04. The van der Waals surface area contributed by atoms with Gasteiger partial charge in [0.1, 0.15) is 10.7 Å². The summed E-state index contributed by atoms with van der Waals surface area (Å²) in [4.78, 5) is 26.3. The minimum atomic E-state index is -1.19. The van der Waals surface area contributed by atoms with Crippen molar-refractivity contribution in [2.75, 3.05) is 5.32 Å². The Morgan fingerprint density at radius 1 is 1.03 bits per heavy atom. The van der Waals surface area contributed by atoms with Crippen molar-refractivity contribution in [3.63, 3.8) is 0 Å². The largest absolute Gasteiger partial charge is 0.443 e. The Bertz CT molecular complexity index is 1320. The molecule has 3 aromatic carbocycles. The highest BCUT2D eigenvalue weighted by atomic mass is 35.5. The number of fused-ring (bicyclic) bond motifs is 1. The molecule has 4 aromatic rings. The van der Waals surface area contributed by atoms with Crippen LogP contribution >= 0.6 is 22.9 Å². The summed E-state index contributed by atoms with van der Waals surface area (Å²) in [7, 11) is 0. The second-order valence-corrected chi connectivity index (χ2v) is 8.82. The summed E-state index contributed by atoms with van der Waals surface area (Å²) in [6, 6.07) is 18.6. The highest BCUT2D eigenvalue weighted by Gasteiger charge is 2.28. The fourth-order valence-corrected chi connectivity index (χ4v) is 4.72. The number of amides is 1. The molecular formula is C25H19ClFNO3S. The molecule has 0 bridgehead atoms. The molecule has 4 rings (SSSR count). The number of carbonyl (C=O) groups is 2. The van der Waals surface area contributed by atoms with Crippen molar-refractivity contribution in [1.29, 1.82) is 0 Å².